The summed E-state index contributed by atoms with van der Waals surface area (Å²) in [6.45, 7) is 0.270. The topological polar surface area (TPSA) is 44.5 Å². The molecule has 1 atom stereocenters. The van der Waals surface area contributed by atoms with Crippen molar-refractivity contribution in [3.8, 4) is 11.5 Å². The molecule has 1 unspecified atom stereocenters. The molecule has 3 rings (SSSR count). The summed E-state index contributed by atoms with van der Waals surface area (Å²) in [5.41, 5.74) is 6.72. The second-order valence-corrected chi connectivity index (χ2v) is 4.69. The summed E-state index contributed by atoms with van der Waals surface area (Å²) >= 11 is 0. The van der Waals surface area contributed by atoms with Gasteiger partial charge in [-0.05, 0) is 30.3 Å². The van der Waals surface area contributed by atoms with Gasteiger partial charge in [-0.3, -0.25) is 0 Å². The van der Waals surface area contributed by atoms with Gasteiger partial charge in [-0.2, -0.15) is 0 Å². The Morgan fingerprint density at radius 3 is 2.70 bits per heavy atom. The fraction of sp³-hybridized carbons (Fsp3) is 0.200. The lowest BCUT2D eigenvalue weighted by Crippen LogP contribution is -2.22. The maximum absolute atomic E-state index is 13.1. The molecule has 104 valence electrons. The number of fused-ring (bicyclic) bond motifs is 1. The standard InChI is InChI=1S/C15H13F2NO2/c16-10-1-3-14-9(5-10)6-12(20-14)8-19-15-4-2-11(17)7-13(15)18/h1-5,7,12H,6,8,18H2. The lowest BCUT2D eigenvalue weighted by atomic mass is 10.1. The van der Waals surface area contributed by atoms with E-state index < -0.39 is 5.82 Å². The van der Waals surface area contributed by atoms with Gasteiger partial charge in [0, 0.05) is 18.1 Å². The van der Waals surface area contributed by atoms with E-state index in [1.165, 1.54) is 30.3 Å². The Morgan fingerprint density at radius 2 is 1.90 bits per heavy atom. The highest BCUT2D eigenvalue weighted by molar-refractivity contribution is 5.52. The lowest BCUT2D eigenvalue weighted by molar-refractivity contribution is 0.149. The molecule has 0 spiro atoms. The second kappa shape index (κ2) is 5.00. The molecular weight excluding hydrogens is 264 g/mol. The van der Waals surface area contributed by atoms with Crippen molar-refractivity contribution < 1.29 is 18.3 Å². The molecule has 1 heterocycles. The minimum atomic E-state index is -0.408. The van der Waals surface area contributed by atoms with E-state index in [1.807, 2.05) is 0 Å². The molecule has 0 saturated heterocycles. The Hall–Kier alpha value is -2.30. The Balaban J connectivity index is 1.63. The van der Waals surface area contributed by atoms with Crippen LogP contribution in [0.2, 0.25) is 0 Å². The smallest absolute Gasteiger partial charge is 0.142 e. The molecule has 0 aromatic heterocycles. The van der Waals surface area contributed by atoms with Gasteiger partial charge in [0.05, 0.1) is 5.69 Å². The van der Waals surface area contributed by atoms with E-state index in [9.17, 15) is 8.78 Å². The molecule has 5 heteroatoms. The quantitative estimate of drug-likeness (QED) is 0.877. The number of rotatable bonds is 3. The van der Waals surface area contributed by atoms with Gasteiger partial charge in [0.15, 0.2) is 0 Å². The zero-order valence-corrected chi connectivity index (χ0v) is 10.6. The first-order valence-electron chi connectivity index (χ1n) is 6.25. The molecule has 1 aliphatic rings. The van der Waals surface area contributed by atoms with Crippen molar-refractivity contribution in [1.29, 1.82) is 0 Å². The number of nitrogen functional groups attached to an aromatic ring is 1. The summed E-state index contributed by atoms with van der Waals surface area (Å²) in [4.78, 5) is 0. The molecule has 2 N–H and O–H groups in total. The van der Waals surface area contributed by atoms with Crippen LogP contribution in [0.3, 0.4) is 0 Å². The number of nitrogens with two attached hydrogens (primary N) is 1. The molecule has 0 radical (unpaired) electrons. The Bertz CT molecular complexity index is 646. The summed E-state index contributed by atoms with van der Waals surface area (Å²) < 4.78 is 37.2. The highest BCUT2D eigenvalue weighted by Gasteiger charge is 2.24. The first-order valence-corrected chi connectivity index (χ1v) is 6.25. The van der Waals surface area contributed by atoms with E-state index in [0.717, 1.165) is 5.56 Å². The molecule has 3 nitrogen and oxygen atoms in total. The summed E-state index contributed by atoms with van der Waals surface area (Å²) in [6, 6.07) is 8.39. The molecule has 0 fully saturated rings. The lowest BCUT2D eigenvalue weighted by Gasteiger charge is -2.13. The van der Waals surface area contributed by atoms with Gasteiger partial charge in [-0.25, -0.2) is 8.78 Å². The van der Waals surface area contributed by atoms with Crippen LogP contribution in [0.5, 0.6) is 11.5 Å². The molecule has 2 aromatic carbocycles. The minimum absolute atomic E-state index is 0.198. The van der Waals surface area contributed by atoms with Gasteiger partial charge < -0.3 is 15.2 Å². The third-order valence-electron chi connectivity index (χ3n) is 3.16. The van der Waals surface area contributed by atoms with Gasteiger partial charge in [0.1, 0.15) is 35.8 Å². The second-order valence-electron chi connectivity index (χ2n) is 4.69. The van der Waals surface area contributed by atoms with Gasteiger partial charge >= 0.3 is 0 Å². The number of anilines is 1. The first-order chi connectivity index (χ1) is 9.61. The normalized spacial score (nSPS) is 16.6. The molecule has 2 aromatic rings. The highest BCUT2D eigenvalue weighted by atomic mass is 19.1. The summed E-state index contributed by atoms with van der Waals surface area (Å²) in [6.07, 6.45) is 0.380. The zero-order chi connectivity index (χ0) is 14.1. The van der Waals surface area contributed by atoms with E-state index in [4.69, 9.17) is 15.2 Å². The fourth-order valence-corrected chi connectivity index (χ4v) is 2.22. The molecule has 0 amide bonds. The fourth-order valence-electron chi connectivity index (χ4n) is 2.22. The maximum atomic E-state index is 13.1. The zero-order valence-electron chi connectivity index (χ0n) is 10.6. The van der Waals surface area contributed by atoms with Crippen LogP contribution in [0.15, 0.2) is 36.4 Å². The predicted octanol–water partition coefficient (Wildman–Crippen LogP) is 2.93. The molecule has 1 aliphatic heterocycles. The van der Waals surface area contributed by atoms with Crippen LogP contribution in [-0.2, 0) is 6.42 Å². The van der Waals surface area contributed by atoms with E-state index in [2.05, 4.69) is 0 Å². The van der Waals surface area contributed by atoms with Crippen LogP contribution < -0.4 is 15.2 Å². The van der Waals surface area contributed by atoms with Crippen molar-refractivity contribution >= 4 is 5.69 Å². The first kappa shape index (κ1) is 12.7. The third-order valence-corrected chi connectivity index (χ3v) is 3.16. The number of hydrogen-bond donors (Lipinski definition) is 1. The highest BCUT2D eigenvalue weighted by Crippen LogP contribution is 2.30. The van der Waals surface area contributed by atoms with Crippen molar-refractivity contribution in [2.24, 2.45) is 0 Å². The number of hydrogen-bond acceptors (Lipinski definition) is 3. The maximum Gasteiger partial charge on any atom is 0.142 e. The predicted molar refractivity (Wildman–Crippen MR) is 70.8 cm³/mol. The van der Waals surface area contributed by atoms with E-state index >= 15 is 0 Å². The Kier molecular flexibility index (Phi) is 3.18. The molecular formula is C15H13F2NO2. The van der Waals surface area contributed by atoms with Crippen molar-refractivity contribution in [1.82, 2.24) is 0 Å². The van der Waals surface area contributed by atoms with Gasteiger partial charge in [-0.15, -0.1) is 0 Å². The average molecular weight is 277 g/mol. The molecule has 0 saturated carbocycles. The number of ether oxygens (including phenoxy) is 2. The molecule has 0 aliphatic carbocycles. The average Bonchev–Trinajstić information content (AvgIpc) is 2.79. The van der Waals surface area contributed by atoms with Gasteiger partial charge in [-0.1, -0.05) is 0 Å². The van der Waals surface area contributed by atoms with Crippen molar-refractivity contribution in [3.63, 3.8) is 0 Å². The number of benzene rings is 2. The van der Waals surface area contributed by atoms with Crippen molar-refractivity contribution in [2.45, 2.75) is 12.5 Å². The Labute approximate surface area is 114 Å². The SMILES string of the molecule is Nc1cc(F)ccc1OCC1Cc2cc(F)ccc2O1. The summed E-state index contributed by atoms with van der Waals surface area (Å²) in [7, 11) is 0. The van der Waals surface area contributed by atoms with Crippen LogP contribution in [-0.4, -0.2) is 12.7 Å². The summed E-state index contributed by atoms with van der Waals surface area (Å²) in [5, 5.41) is 0. The molecule has 0 bridgehead atoms. The van der Waals surface area contributed by atoms with Crippen molar-refractivity contribution in [3.05, 3.63) is 53.6 Å². The van der Waals surface area contributed by atoms with E-state index in [-0.39, 0.29) is 24.2 Å². The van der Waals surface area contributed by atoms with Crippen molar-refractivity contribution in [2.75, 3.05) is 12.3 Å². The van der Waals surface area contributed by atoms with E-state index in [0.29, 0.717) is 17.9 Å². The van der Waals surface area contributed by atoms with Crippen LogP contribution in [0.4, 0.5) is 14.5 Å². The van der Waals surface area contributed by atoms with Gasteiger partial charge in [0.25, 0.3) is 0 Å². The summed E-state index contributed by atoms with van der Waals surface area (Å²) in [5.74, 6) is 0.399. The van der Waals surface area contributed by atoms with Crippen LogP contribution in [0.25, 0.3) is 0 Å². The molecule has 20 heavy (non-hydrogen) atoms. The van der Waals surface area contributed by atoms with Crippen LogP contribution in [0.1, 0.15) is 5.56 Å². The third kappa shape index (κ3) is 2.52. The Morgan fingerprint density at radius 1 is 1.15 bits per heavy atom. The van der Waals surface area contributed by atoms with Crippen LogP contribution >= 0.6 is 0 Å². The van der Waals surface area contributed by atoms with E-state index in [1.54, 1.807) is 6.07 Å². The monoisotopic (exact) mass is 277 g/mol. The van der Waals surface area contributed by atoms with Gasteiger partial charge in [0.2, 0.25) is 0 Å². The largest absolute Gasteiger partial charge is 0.488 e. The number of halogens is 2. The minimum Gasteiger partial charge on any atom is -0.488 e. The van der Waals surface area contributed by atoms with Crippen LogP contribution in [0, 0.1) is 11.6 Å².